The first-order valence-corrected chi connectivity index (χ1v) is 7.89. The van der Waals surface area contributed by atoms with E-state index in [-0.39, 0.29) is 12.4 Å². The lowest BCUT2D eigenvalue weighted by Gasteiger charge is -2.28. The van der Waals surface area contributed by atoms with E-state index in [0.29, 0.717) is 6.04 Å². The van der Waals surface area contributed by atoms with Crippen LogP contribution in [-0.4, -0.2) is 35.7 Å². The van der Waals surface area contributed by atoms with Gasteiger partial charge in [-0.15, -0.1) is 0 Å². The molecule has 1 fully saturated rings. The minimum absolute atomic E-state index is 0.143. The lowest BCUT2D eigenvalue weighted by atomic mass is 10.1. The molecule has 1 aromatic rings. The van der Waals surface area contributed by atoms with Crippen molar-refractivity contribution in [3.63, 3.8) is 0 Å². The van der Waals surface area contributed by atoms with Crippen molar-refractivity contribution in [3.8, 4) is 0 Å². The monoisotopic (exact) mass is 279 g/mol. The summed E-state index contributed by atoms with van der Waals surface area (Å²) in [6.07, 6.45) is 8.10. The third-order valence-corrected chi connectivity index (χ3v) is 4.27. The average Bonchev–Trinajstić information content (AvgIpc) is 2.97. The molecule has 1 aromatic carbocycles. The summed E-state index contributed by atoms with van der Waals surface area (Å²) in [5.74, 6) is -0.143. The van der Waals surface area contributed by atoms with Gasteiger partial charge >= 0.3 is 0 Å². The van der Waals surface area contributed by atoms with E-state index in [1.807, 2.05) is 6.07 Å². The van der Waals surface area contributed by atoms with Gasteiger partial charge in [0.25, 0.3) is 0 Å². The molecule has 0 heterocycles. The molecule has 1 aliphatic carbocycles. The minimum Gasteiger partial charge on any atom is -0.396 e. The molecule has 3 heteroatoms. The van der Waals surface area contributed by atoms with E-state index in [4.69, 9.17) is 5.11 Å². The molecule has 1 N–H and O–H groups in total. The van der Waals surface area contributed by atoms with Crippen molar-refractivity contribution in [2.75, 3.05) is 19.7 Å². The number of benzene rings is 1. The normalized spacial score (nSPS) is 16.1. The Morgan fingerprint density at radius 1 is 1.15 bits per heavy atom. The van der Waals surface area contributed by atoms with Crippen LogP contribution in [0.1, 0.15) is 44.1 Å². The van der Waals surface area contributed by atoms with Crippen molar-refractivity contribution in [3.05, 3.63) is 35.6 Å². The van der Waals surface area contributed by atoms with Gasteiger partial charge in [-0.2, -0.15) is 0 Å². The summed E-state index contributed by atoms with van der Waals surface area (Å²) in [5.41, 5.74) is 1.08. The molecule has 1 saturated carbocycles. The van der Waals surface area contributed by atoms with E-state index in [1.54, 1.807) is 12.1 Å². The zero-order chi connectivity index (χ0) is 14.2. The lowest BCUT2D eigenvalue weighted by Crippen LogP contribution is -2.36. The zero-order valence-electron chi connectivity index (χ0n) is 12.2. The molecule has 0 radical (unpaired) electrons. The van der Waals surface area contributed by atoms with Crippen molar-refractivity contribution in [1.29, 1.82) is 0 Å². The molecular formula is C17H26FNO. The Bertz CT molecular complexity index is 390. The highest BCUT2D eigenvalue weighted by Crippen LogP contribution is 2.24. The molecule has 0 aromatic heterocycles. The van der Waals surface area contributed by atoms with E-state index >= 15 is 0 Å². The third-order valence-electron chi connectivity index (χ3n) is 4.27. The zero-order valence-corrected chi connectivity index (χ0v) is 12.2. The SMILES string of the molecule is OCCCCN(CCc1cccc(F)c1)C1CCCC1. The van der Waals surface area contributed by atoms with Gasteiger partial charge in [-0.25, -0.2) is 4.39 Å². The molecular weight excluding hydrogens is 253 g/mol. The number of halogens is 1. The Kier molecular flexibility index (Phi) is 6.48. The standard InChI is InChI=1S/C17H26FNO/c18-16-7-5-6-15(14-16)10-12-19(11-3-4-13-20)17-8-1-2-9-17/h5-7,14,17,20H,1-4,8-13H2. The molecule has 112 valence electrons. The first kappa shape index (κ1) is 15.5. The summed E-state index contributed by atoms with van der Waals surface area (Å²) in [5, 5.41) is 8.92. The van der Waals surface area contributed by atoms with Crippen LogP contribution in [0.4, 0.5) is 4.39 Å². The fraction of sp³-hybridized carbons (Fsp3) is 0.647. The fourth-order valence-electron chi connectivity index (χ4n) is 3.14. The summed E-state index contributed by atoms with van der Waals surface area (Å²) in [4.78, 5) is 2.55. The van der Waals surface area contributed by atoms with Crippen LogP contribution >= 0.6 is 0 Å². The summed E-state index contributed by atoms with van der Waals surface area (Å²) < 4.78 is 13.2. The van der Waals surface area contributed by atoms with Gasteiger partial charge in [0.15, 0.2) is 0 Å². The maximum atomic E-state index is 13.2. The van der Waals surface area contributed by atoms with Crippen LogP contribution in [0.3, 0.4) is 0 Å². The molecule has 0 spiro atoms. The summed E-state index contributed by atoms with van der Waals surface area (Å²) >= 11 is 0. The van der Waals surface area contributed by atoms with Gasteiger partial charge in [-0.05, 0) is 56.3 Å². The Balaban J connectivity index is 1.85. The molecule has 0 amide bonds. The molecule has 2 rings (SSSR count). The van der Waals surface area contributed by atoms with E-state index < -0.39 is 0 Å². The van der Waals surface area contributed by atoms with Gasteiger partial charge in [0.1, 0.15) is 5.82 Å². The van der Waals surface area contributed by atoms with Gasteiger partial charge in [0, 0.05) is 19.2 Å². The molecule has 0 aliphatic heterocycles. The Morgan fingerprint density at radius 2 is 1.95 bits per heavy atom. The largest absolute Gasteiger partial charge is 0.396 e. The highest BCUT2D eigenvalue weighted by molar-refractivity contribution is 5.16. The smallest absolute Gasteiger partial charge is 0.123 e. The predicted octanol–water partition coefficient (Wildman–Crippen LogP) is 3.39. The van der Waals surface area contributed by atoms with Crippen LogP contribution in [0.25, 0.3) is 0 Å². The number of rotatable bonds is 8. The number of hydrogen-bond donors (Lipinski definition) is 1. The number of hydrogen-bond acceptors (Lipinski definition) is 2. The van der Waals surface area contributed by atoms with Crippen molar-refractivity contribution < 1.29 is 9.50 Å². The molecule has 0 unspecified atom stereocenters. The number of aliphatic hydroxyl groups excluding tert-OH is 1. The molecule has 0 saturated heterocycles. The molecule has 0 atom stereocenters. The second kappa shape index (κ2) is 8.38. The fourth-order valence-corrected chi connectivity index (χ4v) is 3.14. The summed E-state index contributed by atoms with van der Waals surface area (Å²) in [6.45, 7) is 2.34. The highest BCUT2D eigenvalue weighted by atomic mass is 19.1. The predicted molar refractivity (Wildman–Crippen MR) is 80.3 cm³/mol. The lowest BCUT2D eigenvalue weighted by molar-refractivity contribution is 0.188. The van der Waals surface area contributed by atoms with Gasteiger partial charge in [-0.3, -0.25) is 0 Å². The number of unbranched alkanes of at least 4 members (excludes halogenated alkanes) is 1. The van der Waals surface area contributed by atoms with Crippen LogP contribution in [0.5, 0.6) is 0 Å². The first-order chi connectivity index (χ1) is 9.79. The molecule has 1 aliphatic rings. The summed E-state index contributed by atoms with van der Waals surface area (Å²) in [6, 6.07) is 7.63. The third kappa shape index (κ3) is 4.88. The quantitative estimate of drug-likeness (QED) is 0.737. The van der Waals surface area contributed by atoms with Crippen LogP contribution in [0.2, 0.25) is 0 Å². The Morgan fingerprint density at radius 3 is 2.65 bits per heavy atom. The van der Waals surface area contributed by atoms with Crippen molar-refractivity contribution in [2.45, 2.75) is 51.0 Å². The van der Waals surface area contributed by atoms with Crippen LogP contribution < -0.4 is 0 Å². The van der Waals surface area contributed by atoms with Crippen LogP contribution in [0.15, 0.2) is 24.3 Å². The maximum Gasteiger partial charge on any atom is 0.123 e. The molecule has 20 heavy (non-hydrogen) atoms. The van der Waals surface area contributed by atoms with Gasteiger partial charge < -0.3 is 10.0 Å². The minimum atomic E-state index is -0.143. The van der Waals surface area contributed by atoms with Crippen molar-refractivity contribution in [2.24, 2.45) is 0 Å². The first-order valence-electron chi connectivity index (χ1n) is 7.89. The van der Waals surface area contributed by atoms with Crippen molar-refractivity contribution in [1.82, 2.24) is 4.90 Å². The van der Waals surface area contributed by atoms with Gasteiger partial charge in [0.2, 0.25) is 0 Å². The van der Waals surface area contributed by atoms with Crippen LogP contribution in [0, 0.1) is 5.82 Å². The highest BCUT2D eigenvalue weighted by Gasteiger charge is 2.21. The van der Waals surface area contributed by atoms with E-state index in [0.717, 1.165) is 37.9 Å². The van der Waals surface area contributed by atoms with Crippen molar-refractivity contribution >= 4 is 0 Å². The van der Waals surface area contributed by atoms with E-state index in [1.165, 1.54) is 31.7 Å². The Labute approximate surface area is 121 Å². The second-order valence-electron chi connectivity index (χ2n) is 5.78. The Hall–Kier alpha value is -0.930. The van der Waals surface area contributed by atoms with E-state index in [2.05, 4.69) is 4.90 Å². The molecule has 0 bridgehead atoms. The van der Waals surface area contributed by atoms with Gasteiger partial charge in [0.05, 0.1) is 0 Å². The average molecular weight is 279 g/mol. The second-order valence-corrected chi connectivity index (χ2v) is 5.78. The number of aliphatic hydroxyl groups is 1. The molecule has 2 nitrogen and oxygen atoms in total. The number of nitrogens with zero attached hydrogens (tertiary/aromatic N) is 1. The van der Waals surface area contributed by atoms with Gasteiger partial charge in [-0.1, -0.05) is 25.0 Å². The van der Waals surface area contributed by atoms with E-state index in [9.17, 15) is 4.39 Å². The summed E-state index contributed by atoms with van der Waals surface area (Å²) in [7, 11) is 0. The topological polar surface area (TPSA) is 23.5 Å². The maximum absolute atomic E-state index is 13.2. The van der Waals surface area contributed by atoms with Crippen LogP contribution in [-0.2, 0) is 6.42 Å².